The highest BCUT2D eigenvalue weighted by Gasteiger charge is 2.14. The van der Waals surface area contributed by atoms with E-state index in [9.17, 15) is 4.79 Å². The molecule has 2 rings (SSSR count). The van der Waals surface area contributed by atoms with Gasteiger partial charge in [0.1, 0.15) is 5.82 Å². The molecule has 0 saturated heterocycles. The molecule has 1 aromatic heterocycles. The number of benzene rings is 1. The van der Waals surface area contributed by atoms with Gasteiger partial charge in [-0.1, -0.05) is 26.0 Å². The quantitative estimate of drug-likeness (QED) is 0.607. The van der Waals surface area contributed by atoms with Gasteiger partial charge in [-0.3, -0.25) is 9.36 Å². The molecule has 4 nitrogen and oxygen atoms in total. The number of nitrogens with zero attached hydrogens (tertiary/aromatic N) is 2. The molecule has 0 saturated carbocycles. The smallest absolute Gasteiger partial charge is 0.261 e. The average molecular weight is 309 g/mol. The first-order valence-electron chi connectivity index (χ1n) is 7.22. The minimum Gasteiger partial charge on any atom is -0.379 e. The van der Waals surface area contributed by atoms with E-state index in [-0.39, 0.29) is 10.9 Å². The summed E-state index contributed by atoms with van der Waals surface area (Å²) in [6.45, 7) is 7.64. The van der Waals surface area contributed by atoms with Crippen LogP contribution in [0.25, 0.3) is 10.9 Å². The van der Waals surface area contributed by atoms with E-state index >= 15 is 0 Å². The van der Waals surface area contributed by atoms with Gasteiger partial charge in [-0.2, -0.15) is 0 Å². The number of ether oxygens (including phenoxy) is 1. The van der Waals surface area contributed by atoms with Crippen molar-refractivity contribution in [1.29, 1.82) is 0 Å². The van der Waals surface area contributed by atoms with E-state index in [0.717, 1.165) is 0 Å². The molecular weight excluding hydrogens is 288 g/mol. The van der Waals surface area contributed by atoms with E-state index in [1.54, 1.807) is 10.6 Å². The van der Waals surface area contributed by atoms with Crippen molar-refractivity contribution in [3.05, 3.63) is 40.4 Å². The van der Waals surface area contributed by atoms with Crippen LogP contribution in [0.2, 0.25) is 0 Å². The van der Waals surface area contributed by atoms with Crippen LogP contribution in [0, 0.1) is 5.92 Å². The Morgan fingerprint density at radius 3 is 2.67 bits per heavy atom. The first-order chi connectivity index (χ1) is 10.0. The molecule has 1 heterocycles. The van der Waals surface area contributed by atoms with Gasteiger partial charge in [-0.05, 0) is 25.0 Å². The SMILES string of the molecule is CC(C)COCCn1c(C(C)Cl)nc2ccccc2c1=O. The van der Waals surface area contributed by atoms with Gasteiger partial charge < -0.3 is 4.74 Å². The molecule has 21 heavy (non-hydrogen) atoms. The van der Waals surface area contributed by atoms with E-state index in [1.165, 1.54) is 0 Å². The summed E-state index contributed by atoms with van der Waals surface area (Å²) in [6, 6.07) is 7.33. The van der Waals surface area contributed by atoms with Crippen LogP contribution in [0.1, 0.15) is 32.0 Å². The number of alkyl halides is 1. The Hall–Kier alpha value is -1.39. The third-order valence-corrected chi connectivity index (χ3v) is 3.35. The lowest BCUT2D eigenvalue weighted by atomic mass is 10.2. The fourth-order valence-corrected chi connectivity index (χ4v) is 2.35. The molecule has 0 amide bonds. The Morgan fingerprint density at radius 2 is 2.00 bits per heavy atom. The third kappa shape index (κ3) is 3.83. The molecule has 0 aliphatic heterocycles. The topological polar surface area (TPSA) is 44.1 Å². The number of hydrogen-bond acceptors (Lipinski definition) is 3. The number of fused-ring (bicyclic) bond motifs is 1. The molecule has 0 fully saturated rings. The normalized spacial score (nSPS) is 13.0. The number of halogens is 1. The highest BCUT2D eigenvalue weighted by Crippen LogP contribution is 2.18. The second-order valence-electron chi connectivity index (χ2n) is 5.53. The predicted octanol–water partition coefficient (Wildman–Crippen LogP) is 3.37. The molecule has 0 N–H and O–H groups in total. The van der Waals surface area contributed by atoms with E-state index in [1.807, 2.05) is 25.1 Å². The molecule has 114 valence electrons. The van der Waals surface area contributed by atoms with E-state index in [0.29, 0.717) is 42.4 Å². The molecule has 1 aromatic carbocycles. The highest BCUT2D eigenvalue weighted by atomic mass is 35.5. The summed E-state index contributed by atoms with van der Waals surface area (Å²) in [4.78, 5) is 17.1. The second-order valence-corrected chi connectivity index (χ2v) is 6.18. The highest BCUT2D eigenvalue weighted by molar-refractivity contribution is 6.20. The summed E-state index contributed by atoms with van der Waals surface area (Å²) < 4.78 is 7.20. The molecule has 0 radical (unpaired) electrons. The lowest BCUT2D eigenvalue weighted by molar-refractivity contribution is 0.102. The van der Waals surface area contributed by atoms with Gasteiger partial charge in [0.25, 0.3) is 5.56 Å². The van der Waals surface area contributed by atoms with Gasteiger partial charge in [0.15, 0.2) is 0 Å². The molecule has 1 unspecified atom stereocenters. The van der Waals surface area contributed by atoms with Crippen molar-refractivity contribution >= 4 is 22.5 Å². The zero-order valence-electron chi connectivity index (χ0n) is 12.7. The minimum atomic E-state index is -0.326. The van der Waals surface area contributed by atoms with Gasteiger partial charge in [0, 0.05) is 6.61 Å². The van der Waals surface area contributed by atoms with Crippen LogP contribution in [0.3, 0.4) is 0 Å². The average Bonchev–Trinajstić information content (AvgIpc) is 2.44. The van der Waals surface area contributed by atoms with Gasteiger partial charge in [-0.15, -0.1) is 11.6 Å². The number of aromatic nitrogens is 2. The molecule has 0 aliphatic carbocycles. The molecule has 5 heteroatoms. The van der Waals surface area contributed by atoms with E-state index in [4.69, 9.17) is 16.3 Å². The Kier molecular flexibility index (Phi) is 5.37. The molecule has 0 bridgehead atoms. The predicted molar refractivity (Wildman–Crippen MR) is 85.9 cm³/mol. The monoisotopic (exact) mass is 308 g/mol. The van der Waals surface area contributed by atoms with Crippen molar-refractivity contribution in [1.82, 2.24) is 9.55 Å². The van der Waals surface area contributed by atoms with E-state index in [2.05, 4.69) is 18.8 Å². The van der Waals surface area contributed by atoms with Crippen molar-refractivity contribution < 1.29 is 4.74 Å². The summed E-state index contributed by atoms with van der Waals surface area (Å²) in [5.41, 5.74) is 0.626. The van der Waals surface area contributed by atoms with Crippen molar-refractivity contribution in [3.63, 3.8) is 0 Å². The number of hydrogen-bond donors (Lipinski definition) is 0. The maximum absolute atomic E-state index is 12.6. The van der Waals surface area contributed by atoms with Gasteiger partial charge in [0.2, 0.25) is 0 Å². The van der Waals surface area contributed by atoms with Crippen molar-refractivity contribution in [3.8, 4) is 0 Å². The lowest BCUT2D eigenvalue weighted by Crippen LogP contribution is -2.27. The fraction of sp³-hybridized carbons (Fsp3) is 0.500. The van der Waals surface area contributed by atoms with Gasteiger partial charge in [-0.25, -0.2) is 4.98 Å². The Morgan fingerprint density at radius 1 is 1.29 bits per heavy atom. The Labute approximate surface area is 129 Å². The molecule has 0 spiro atoms. The fourth-order valence-electron chi connectivity index (χ4n) is 2.18. The largest absolute Gasteiger partial charge is 0.379 e. The van der Waals surface area contributed by atoms with Gasteiger partial charge in [0.05, 0.1) is 29.4 Å². The van der Waals surface area contributed by atoms with Crippen LogP contribution in [0.15, 0.2) is 29.1 Å². The Bertz CT molecular complexity index is 665. The van der Waals surface area contributed by atoms with Crippen molar-refractivity contribution in [2.75, 3.05) is 13.2 Å². The number of rotatable bonds is 6. The first-order valence-corrected chi connectivity index (χ1v) is 7.65. The summed E-state index contributed by atoms with van der Waals surface area (Å²) in [5, 5.41) is 0.287. The van der Waals surface area contributed by atoms with Gasteiger partial charge >= 0.3 is 0 Å². The van der Waals surface area contributed by atoms with Crippen LogP contribution < -0.4 is 5.56 Å². The minimum absolute atomic E-state index is 0.0590. The van der Waals surface area contributed by atoms with Crippen LogP contribution in [-0.4, -0.2) is 22.8 Å². The first kappa shape index (κ1) is 16.0. The van der Waals surface area contributed by atoms with Crippen LogP contribution in [0.5, 0.6) is 0 Å². The molecule has 0 aliphatic rings. The lowest BCUT2D eigenvalue weighted by Gasteiger charge is -2.15. The van der Waals surface area contributed by atoms with Crippen LogP contribution in [-0.2, 0) is 11.3 Å². The summed E-state index contributed by atoms with van der Waals surface area (Å²) >= 11 is 6.18. The zero-order valence-corrected chi connectivity index (χ0v) is 13.4. The van der Waals surface area contributed by atoms with Crippen molar-refractivity contribution in [2.24, 2.45) is 5.92 Å². The molecule has 2 aromatic rings. The molecular formula is C16H21ClN2O2. The van der Waals surface area contributed by atoms with E-state index < -0.39 is 0 Å². The van der Waals surface area contributed by atoms with Crippen molar-refractivity contribution in [2.45, 2.75) is 32.7 Å². The summed E-state index contributed by atoms with van der Waals surface area (Å²) in [7, 11) is 0. The Balaban J connectivity index is 2.33. The maximum Gasteiger partial charge on any atom is 0.261 e. The standard InChI is InChI=1S/C16H21ClN2O2/c1-11(2)10-21-9-8-19-15(12(3)17)18-14-7-5-4-6-13(14)16(19)20/h4-7,11-12H,8-10H2,1-3H3. The van der Waals surface area contributed by atoms with Crippen LogP contribution in [0.4, 0.5) is 0 Å². The van der Waals surface area contributed by atoms with Crippen LogP contribution >= 0.6 is 11.6 Å². The summed E-state index contributed by atoms with van der Waals surface area (Å²) in [6.07, 6.45) is 0. The third-order valence-electron chi connectivity index (χ3n) is 3.16. The second kappa shape index (κ2) is 7.05. The molecule has 1 atom stereocenters. The zero-order chi connectivity index (χ0) is 15.4. The maximum atomic E-state index is 12.6. The number of para-hydroxylation sites is 1. The summed E-state index contributed by atoms with van der Waals surface area (Å²) in [5.74, 6) is 1.07.